The molecule has 0 radical (unpaired) electrons. The van der Waals surface area contributed by atoms with Crippen LogP contribution in [0.1, 0.15) is 74.2 Å². The van der Waals surface area contributed by atoms with Gasteiger partial charge in [-0.1, -0.05) is 28.4 Å². The topological polar surface area (TPSA) is 107 Å². The number of oxime groups is 1. The molecule has 0 aliphatic heterocycles. The lowest BCUT2D eigenvalue weighted by molar-refractivity contribution is 0.0973. The fourth-order valence-corrected chi connectivity index (χ4v) is 7.94. The number of ketones is 1. The van der Waals surface area contributed by atoms with Gasteiger partial charge >= 0.3 is 0 Å². The maximum atomic E-state index is 12.3. The Balaban J connectivity index is 0.000000113. The van der Waals surface area contributed by atoms with Gasteiger partial charge in [-0.15, -0.1) is 0 Å². The number of H-pyrrole nitrogens is 2. The largest absolute Gasteiger partial charge is 0.411 e. The molecule has 194 valence electrons. The molecule has 2 saturated carbocycles. The van der Waals surface area contributed by atoms with Crippen molar-refractivity contribution < 1.29 is 10.0 Å². The highest BCUT2D eigenvalue weighted by molar-refractivity contribution is 6.30. The molecule has 3 N–H and O–H groups in total. The predicted octanol–water partition coefficient (Wildman–Crippen LogP) is 6.25. The number of pyridine rings is 2. The van der Waals surface area contributed by atoms with Crippen molar-refractivity contribution in [2.24, 2.45) is 17.0 Å². The summed E-state index contributed by atoms with van der Waals surface area (Å²) in [7, 11) is 0. The van der Waals surface area contributed by atoms with Gasteiger partial charge in [0.15, 0.2) is 5.78 Å². The Morgan fingerprint density at radius 1 is 0.769 bits per heavy atom. The van der Waals surface area contributed by atoms with Crippen LogP contribution in [0.2, 0.25) is 10.3 Å². The molecular weight excluding hydrogens is 533 g/mol. The second-order valence-corrected chi connectivity index (χ2v) is 12.4. The lowest BCUT2D eigenvalue weighted by Gasteiger charge is -2.17. The molecule has 2 fully saturated rings. The van der Waals surface area contributed by atoms with E-state index in [9.17, 15) is 10.0 Å². The molecule has 6 aliphatic carbocycles. The van der Waals surface area contributed by atoms with Crippen molar-refractivity contribution >= 4 is 34.7 Å². The minimum atomic E-state index is 0.286. The maximum Gasteiger partial charge on any atom is 0.168 e. The van der Waals surface area contributed by atoms with Crippen LogP contribution >= 0.6 is 23.2 Å². The minimum absolute atomic E-state index is 0.286. The Bertz CT molecular complexity index is 1820. The van der Waals surface area contributed by atoms with E-state index in [2.05, 4.69) is 25.1 Å². The number of carbonyl (C=O) groups is 1. The molecule has 6 aliphatic rings. The summed E-state index contributed by atoms with van der Waals surface area (Å²) in [6, 6.07) is 3.84. The summed E-state index contributed by atoms with van der Waals surface area (Å²) in [6.07, 6.45) is 9.68. The molecule has 0 spiro atoms. The van der Waals surface area contributed by atoms with Crippen molar-refractivity contribution in [1.82, 2.24) is 19.9 Å². The molecule has 9 heteroatoms. The average molecular weight is 556 g/mol. The van der Waals surface area contributed by atoms with Crippen LogP contribution in [0.5, 0.6) is 0 Å². The van der Waals surface area contributed by atoms with Gasteiger partial charge in [-0.05, 0) is 72.9 Å². The number of nitrogens with zero attached hydrogens (tertiary/aromatic N) is 3. The molecule has 7 nitrogen and oxygen atoms in total. The van der Waals surface area contributed by atoms with E-state index >= 15 is 0 Å². The van der Waals surface area contributed by atoms with Crippen LogP contribution in [-0.4, -0.2) is 36.6 Å². The van der Waals surface area contributed by atoms with Crippen molar-refractivity contribution in [3.63, 3.8) is 0 Å². The molecule has 4 aromatic heterocycles. The predicted molar refractivity (Wildman–Crippen MR) is 147 cm³/mol. The van der Waals surface area contributed by atoms with Crippen molar-refractivity contribution in [3.05, 3.63) is 79.6 Å². The van der Waals surface area contributed by atoms with E-state index in [-0.39, 0.29) is 5.92 Å². The zero-order valence-corrected chi connectivity index (χ0v) is 22.3. The van der Waals surface area contributed by atoms with Gasteiger partial charge in [0.1, 0.15) is 10.3 Å². The van der Waals surface area contributed by atoms with Gasteiger partial charge in [-0.3, -0.25) is 4.79 Å². The average Bonchev–Trinajstić information content (AvgIpc) is 3.77. The fraction of sp³-hybridized carbons (Fsp3) is 0.333. The minimum Gasteiger partial charge on any atom is -0.411 e. The van der Waals surface area contributed by atoms with Gasteiger partial charge in [0, 0.05) is 75.4 Å². The first-order valence-corrected chi connectivity index (χ1v) is 14.3. The van der Waals surface area contributed by atoms with E-state index in [4.69, 9.17) is 23.2 Å². The van der Waals surface area contributed by atoms with E-state index < -0.39 is 0 Å². The first kappa shape index (κ1) is 22.4. The second-order valence-electron chi connectivity index (χ2n) is 11.6. The number of nitrogens with one attached hydrogen (secondary N) is 2. The highest BCUT2D eigenvalue weighted by atomic mass is 35.5. The summed E-state index contributed by atoms with van der Waals surface area (Å²) < 4.78 is 0. The van der Waals surface area contributed by atoms with Crippen molar-refractivity contribution in [3.8, 4) is 22.5 Å². The summed E-state index contributed by atoms with van der Waals surface area (Å²) in [5, 5.41) is 13.9. The zero-order chi connectivity index (χ0) is 26.2. The Kier molecular flexibility index (Phi) is 4.37. The molecular formula is C30H23Cl2N5O2. The van der Waals surface area contributed by atoms with Gasteiger partial charge in [-0.2, -0.15) is 0 Å². The van der Waals surface area contributed by atoms with E-state index in [1.165, 1.54) is 39.2 Å². The number of aromatic nitrogens is 4. The lowest BCUT2D eigenvalue weighted by Crippen LogP contribution is -2.09. The molecule has 4 aromatic rings. The van der Waals surface area contributed by atoms with Gasteiger partial charge < -0.3 is 15.2 Å². The number of Topliss-reactive ketones (excluding diaryl/α,β-unsaturated/α-hetero) is 1. The first-order chi connectivity index (χ1) is 19.0. The van der Waals surface area contributed by atoms with Crippen LogP contribution in [0, 0.1) is 11.8 Å². The third-order valence-corrected chi connectivity index (χ3v) is 10.0. The van der Waals surface area contributed by atoms with Crippen LogP contribution in [0.4, 0.5) is 0 Å². The molecule has 4 atom stereocenters. The van der Waals surface area contributed by atoms with Gasteiger partial charge in [0.05, 0.1) is 11.4 Å². The highest BCUT2D eigenvalue weighted by Gasteiger charge is 2.55. The maximum absolute atomic E-state index is 12.3. The van der Waals surface area contributed by atoms with Crippen LogP contribution in [0.25, 0.3) is 22.5 Å². The molecule has 10 rings (SSSR count). The van der Waals surface area contributed by atoms with Crippen molar-refractivity contribution in [1.29, 1.82) is 0 Å². The Morgan fingerprint density at radius 3 is 1.92 bits per heavy atom. The number of aromatic amines is 2. The number of hydrogen-bond donors (Lipinski definition) is 3. The van der Waals surface area contributed by atoms with Crippen molar-refractivity contribution in [2.75, 3.05) is 0 Å². The second kappa shape index (κ2) is 7.61. The Labute approximate surface area is 233 Å². The highest BCUT2D eigenvalue weighted by Crippen LogP contribution is 2.59. The van der Waals surface area contributed by atoms with Gasteiger partial charge in [0.2, 0.25) is 0 Å². The first-order valence-electron chi connectivity index (χ1n) is 13.6. The fourth-order valence-electron chi connectivity index (χ4n) is 7.62. The van der Waals surface area contributed by atoms with Crippen LogP contribution in [0.15, 0.2) is 29.7 Å². The number of carbonyl (C=O) groups excluding carboxylic acids is 1. The normalized spacial score (nSPS) is 26.3. The summed E-state index contributed by atoms with van der Waals surface area (Å²) in [5.74, 6) is 2.08. The molecule has 0 aromatic carbocycles. The molecule has 0 bridgehead atoms. The quantitative estimate of drug-likeness (QED) is 0.135. The van der Waals surface area contributed by atoms with Crippen LogP contribution in [0.3, 0.4) is 0 Å². The molecule has 4 heterocycles. The SMILES string of the molecule is O=C1c2c([nH]c3c2CCc2cnc(Cl)cc2-3)C2CC12.ON=C1c2c([nH]c3c2CCc2cnc(Cl)cc2-3)C2CC12. The zero-order valence-electron chi connectivity index (χ0n) is 20.8. The van der Waals surface area contributed by atoms with Crippen LogP contribution < -0.4 is 0 Å². The Hall–Kier alpha value is -3.42. The summed E-state index contributed by atoms with van der Waals surface area (Å²) in [5.41, 5.74) is 15.0. The van der Waals surface area contributed by atoms with E-state index in [1.54, 1.807) is 0 Å². The number of rotatable bonds is 0. The number of hydrogen-bond acceptors (Lipinski definition) is 5. The van der Waals surface area contributed by atoms with Crippen LogP contribution in [-0.2, 0) is 25.7 Å². The standard InChI is InChI=1S/C15H12ClN3O.C15H11ClN2O/c16-11-4-8-6(5-17-11)1-2-7-12-14(18-13(7)8)9-3-10(9)15(12)19-20;16-11-4-8-6(5-17-11)1-2-7-12-14(18-13(7)8)9-3-10(9)15(12)19/h4-5,9-10,18,20H,1-3H2;4-5,9-10,18H,1-3H2. The van der Waals surface area contributed by atoms with E-state index in [0.717, 1.165) is 72.3 Å². The van der Waals surface area contributed by atoms with E-state index in [1.807, 2.05) is 24.5 Å². The lowest BCUT2D eigenvalue weighted by atomic mass is 9.88. The summed E-state index contributed by atoms with van der Waals surface area (Å²) >= 11 is 12.1. The van der Waals surface area contributed by atoms with Crippen molar-refractivity contribution in [2.45, 2.75) is 50.4 Å². The van der Waals surface area contributed by atoms with Gasteiger partial charge in [0.25, 0.3) is 0 Å². The summed E-state index contributed by atoms with van der Waals surface area (Å²) in [4.78, 5) is 27.7. The van der Waals surface area contributed by atoms with Gasteiger partial charge in [-0.25, -0.2) is 9.97 Å². The number of aryl methyl sites for hydroxylation is 2. The molecule has 0 saturated heterocycles. The smallest absolute Gasteiger partial charge is 0.168 e. The number of fused-ring (bicyclic) bond motifs is 14. The molecule has 4 unspecified atom stereocenters. The third-order valence-electron chi connectivity index (χ3n) is 9.62. The monoisotopic (exact) mass is 555 g/mol. The summed E-state index contributed by atoms with van der Waals surface area (Å²) in [6.45, 7) is 0. The Morgan fingerprint density at radius 2 is 1.31 bits per heavy atom. The van der Waals surface area contributed by atoms with E-state index in [0.29, 0.717) is 33.8 Å². The molecule has 39 heavy (non-hydrogen) atoms. The molecule has 0 amide bonds. The number of halogens is 2. The third kappa shape index (κ3) is 3.00.